The van der Waals surface area contributed by atoms with Crippen LogP contribution >= 0.6 is 11.8 Å². The summed E-state index contributed by atoms with van der Waals surface area (Å²) in [6.07, 6.45) is 1.97. The molecule has 0 fully saturated rings. The first-order valence-electron chi connectivity index (χ1n) is 6.94. The third kappa shape index (κ3) is 3.06. The summed E-state index contributed by atoms with van der Waals surface area (Å²) < 4.78 is 7.78. The molecular formula is C14H22N4OS. The highest BCUT2D eigenvalue weighted by molar-refractivity contribution is 7.99. The van der Waals surface area contributed by atoms with Gasteiger partial charge in [-0.1, -0.05) is 25.6 Å². The molecular weight excluding hydrogens is 272 g/mol. The molecule has 0 aliphatic rings. The van der Waals surface area contributed by atoms with Crippen molar-refractivity contribution in [2.45, 2.75) is 63.9 Å². The van der Waals surface area contributed by atoms with Crippen LogP contribution in [0.25, 0.3) is 0 Å². The molecule has 2 aromatic heterocycles. The zero-order valence-corrected chi connectivity index (χ0v) is 13.7. The summed E-state index contributed by atoms with van der Waals surface area (Å²) in [5.41, 5.74) is 1.26. The van der Waals surface area contributed by atoms with Gasteiger partial charge in [0.25, 0.3) is 0 Å². The van der Waals surface area contributed by atoms with E-state index in [1.807, 2.05) is 6.20 Å². The molecule has 0 spiro atoms. The molecule has 2 heterocycles. The van der Waals surface area contributed by atoms with Gasteiger partial charge in [-0.2, -0.15) is 0 Å². The van der Waals surface area contributed by atoms with E-state index in [-0.39, 0.29) is 5.25 Å². The second kappa shape index (κ2) is 5.99. The topological polar surface area (TPSA) is 56.7 Å². The number of rotatable bonds is 5. The van der Waals surface area contributed by atoms with E-state index in [1.165, 1.54) is 5.69 Å². The number of aromatic nitrogens is 4. The molecule has 20 heavy (non-hydrogen) atoms. The number of hydrogen-bond acceptors (Lipinski definition) is 5. The Balaban J connectivity index is 2.25. The lowest BCUT2D eigenvalue weighted by molar-refractivity contribution is 0.468. The van der Waals surface area contributed by atoms with Gasteiger partial charge in [0.2, 0.25) is 11.8 Å². The molecule has 0 N–H and O–H groups in total. The van der Waals surface area contributed by atoms with E-state index in [0.29, 0.717) is 23.7 Å². The quantitative estimate of drug-likeness (QED) is 0.776. The third-order valence-electron chi connectivity index (χ3n) is 3.07. The highest BCUT2D eigenvalue weighted by Gasteiger charge is 2.21. The van der Waals surface area contributed by atoms with Gasteiger partial charge in [-0.05, 0) is 26.7 Å². The van der Waals surface area contributed by atoms with E-state index >= 15 is 0 Å². The largest absolute Gasteiger partial charge is 0.424 e. The SMILES string of the molecule is Cc1nnc([C@H](C)Sc2ncc(C(C)C)n2C(C)C)o1. The summed E-state index contributed by atoms with van der Waals surface area (Å²) >= 11 is 1.66. The monoisotopic (exact) mass is 294 g/mol. The molecule has 0 aliphatic carbocycles. The molecule has 0 amide bonds. The molecule has 0 saturated carbocycles. The van der Waals surface area contributed by atoms with Crippen LogP contribution in [0.4, 0.5) is 0 Å². The van der Waals surface area contributed by atoms with Crippen LogP contribution in [0.15, 0.2) is 15.8 Å². The molecule has 2 rings (SSSR count). The number of thioether (sulfide) groups is 1. The summed E-state index contributed by atoms with van der Waals surface area (Å²) in [5, 5.41) is 9.07. The van der Waals surface area contributed by atoms with E-state index in [4.69, 9.17) is 4.42 Å². The van der Waals surface area contributed by atoms with E-state index in [1.54, 1.807) is 18.7 Å². The normalized spacial score (nSPS) is 13.4. The highest BCUT2D eigenvalue weighted by atomic mass is 32.2. The fourth-order valence-electron chi connectivity index (χ4n) is 2.07. The Labute approximate surface area is 124 Å². The average Bonchev–Trinajstić information content (AvgIpc) is 2.95. The number of hydrogen-bond donors (Lipinski definition) is 0. The summed E-state index contributed by atoms with van der Waals surface area (Å²) in [5.74, 6) is 1.71. The molecule has 0 aliphatic heterocycles. The van der Waals surface area contributed by atoms with Crippen LogP contribution in [0.3, 0.4) is 0 Å². The summed E-state index contributed by atoms with van der Waals surface area (Å²) in [6, 6.07) is 0.383. The van der Waals surface area contributed by atoms with Crippen molar-refractivity contribution in [2.75, 3.05) is 0 Å². The maximum atomic E-state index is 5.49. The Bertz CT molecular complexity index is 573. The van der Waals surface area contributed by atoms with E-state index in [2.05, 4.69) is 54.4 Å². The maximum absolute atomic E-state index is 5.49. The smallest absolute Gasteiger partial charge is 0.229 e. The Morgan fingerprint density at radius 1 is 1.15 bits per heavy atom. The van der Waals surface area contributed by atoms with Crippen LogP contribution in [-0.2, 0) is 0 Å². The molecule has 2 aromatic rings. The third-order valence-corrected chi connectivity index (χ3v) is 4.14. The van der Waals surface area contributed by atoms with Crippen LogP contribution in [0.1, 0.15) is 69.3 Å². The molecule has 0 unspecified atom stereocenters. The first-order valence-corrected chi connectivity index (χ1v) is 7.81. The molecule has 110 valence electrons. The van der Waals surface area contributed by atoms with Crippen molar-refractivity contribution in [1.82, 2.24) is 19.7 Å². The zero-order valence-electron chi connectivity index (χ0n) is 12.9. The Hall–Kier alpha value is -1.30. The number of nitrogens with zero attached hydrogens (tertiary/aromatic N) is 4. The summed E-state index contributed by atoms with van der Waals surface area (Å²) in [7, 11) is 0. The zero-order chi connectivity index (χ0) is 14.9. The van der Waals surface area contributed by atoms with Gasteiger partial charge < -0.3 is 8.98 Å². The molecule has 0 bridgehead atoms. The van der Waals surface area contributed by atoms with Gasteiger partial charge in [0, 0.05) is 24.9 Å². The van der Waals surface area contributed by atoms with Gasteiger partial charge in [0.05, 0.1) is 5.25 Å². The molecule has 1 atom stereocenters. The molecule has 0 aromatic carbocycles. The second-order valence-corrected chi connectivity index (χ2v) is 6.81. The van der Waals surface area contributed by atoms with Crippen molar-refractivity contribution in [2.24, 2.45) is 0 Å². The molecule has 5 nitrogen and oxygen atoms in total. The van der Waals surface area contributed by atoms with Gasteiger partial charge in [-0.25, -0.2) is 4.98 Å². The fourth-order valence-corrected chi connectivity index (χ4v) is 3.13. The van der Waals surface area contributed by atoms with Crippen molar-refractivity contribution >= 4 is 11.8 Å². The van der Waals surface area contributed by atoms with Crippen molar-refractivity contribution in [3.63, 3.8) is 0 Å². The van der Waals surface area contributed by atoms with E-state index < -0.39 is 0 Å². The lowest BCUT2D eigenvalue weighted by atomic mass is 10.1. The minimum absolute atomic E-state index is 0.0936. The average molecular weight is 294 g/mol. The molecule has 0 radical (unpaired) electrons. The van der Waals surface area contributed by atoms with Gasteiger partial charge in [-0.15, -0.1) is 10.2 Å². The van der Waals surface area contributed by atoms with Crippen LogP contribution < -0.4 is 0 Å². The lowest BCUT2D eigenvalue weighted by Crippen LogP contribution is -2.08. The first-order chi connectivity index (χ1) is 9.40. The van der Waals surface area contributed by atoms with Crippen LogP contribution in [0, 0.1) is 6.92 Å². The minimum Gasteiger partial charge on any atom is -0.424 e. The Morgan fingerprint density at radius 3 is 2.35 bits per heavy atom. The van der Waals surface area contributed by atoms with Gasteiger partial charge >= 0.3 is 0 Å². The lowest BCUT2D eigenvalue weighted by Gasteiger charge is -2.18. The van der Waals surface area contributed by atoms with Gasteiger partial charge in [0.15, 0.2) is 5.16 Å². The first kappa shape index (κ1) is 15.1. The predicted molar refractivity (Wildman–Crippen MR) is 80.0 cm³/mol. The second-order valence-electron chi connectivity index (χ2n) is 5.50. The Morgan fingerprint density at radius 2 is 1.85 bits per heavy atom. The van der Waals surface area contributed by atoms with E-state index in [0.717, 1.165) is 5.16 Å². The minimum atomic E-state index is 0.0936. The van der Waals surface area contributed by atoms with Crippen molar-refractivity contribution in [3.05, 3.63) is 23.7 Å². The summed E-state index contributed by atoms with van der Waals surface area (Å²) in [4.78, 5) is 4.57. The fraction of sp³-hybridized carbons (Fsp3) is 0.643. The molecule has 6 heteroatoms. The van der Waals surface area contributed by atoms with Crippen molar-refractivity contribution in [3.8, 4) is 0 Å². The number of aryl methyl sites for hydroxylation is 1. The standard InChI is InChI=1S/C14H22N4OS/c1-8(2)12-7-15-14(18(12)9(3)4)20-10(5)13-17-16-11(6)19-13/h7-10H,1-6H3/t10-/m0/s1. The molecule has 0 saturated heterocycles. The summed E-state index contributed by atoms with van der Waals surface area (Å²) in [6.45, 7) is 12.6. The van der Waals surface area contributed by atoms with Crippen molar-refractivity contribution in [1.29, 1.82) is 0 Å². The Kier molecular flexibility index (Phi) is 4.52. The highest BCUT2D eigenvalue weighted by Crippen LogP contribution is 2.36. The van der Waals surface area contributed by atoms with Gasteiger partial charge in [0.1, 0.15) is 0 Å². The van der Waals surface area contributed by atoms with Crippen molar-refractivity contribution < 1.29 is 4.42 Å². The van der Waals surface area contributed by atoms with Crippen LogP contribution in [-0.4, -0.2) is 19.7 Å². The van der Waals surface area contributed by atoms with Crippen LogP contribution in [0.2, 0.25) is 0 Å². The maximum Gasteiger partial charge on any atom is 0.229 e. The van der Waals surface area contributed by atoms with E-state index in [9.17, 15) is 0 Å². The number of imidazole rings is 1. The predicted octanol–water partition coefficient (Wildman–Crippen LogP) is 4.13. The van der Waals surface area contributed by atoms with Gasteiger partial charge in [-0.3, -0.25) is 0 Å². The van der Waals surface area contributed by atoms with Crippen LogP contribution in [0.5, 0.6) is 0 Å².